The smallest absolute Gasteiger partial charge is 0.235 e. The summed E-state index contributed by atoms with van der Waals surface area (Å²) in [7, 11) is 0.610. The first-order valence-corrected chi connectivity index (χ1v) is 8.89. The summed E-state index contributed by atoms with van der Waals surface area (Å²) in [6.07, 6.45) is 3.14. The van der Waals surface area contributed by atoms with Crippen molar-refractivity contribution in [3.63, 3.8) is 0 Å². The largest absolute Gasteiger partial charge is 0.361 e. The summed E-state index contributed by atoms with van der Waals surface area (Å²) in [6.45, 7) is 0.683. The van der Waals surface area contributed by atoms with Crippen LogP contribution in [0.4, 0.5) is 0 Å². The topological polar surface area (TPSA) is 92.5 Å². The third-order valence-electron chi connectivity index (χ3n) is 3.35. The minimum atomic E-state index is -3.30. The van der Waals surface area contributed by atoms with Gasteiger partial charge in [-0.05, 0) is 26.9 Å². The van der Waals surface area contributed by atoms with Crippen LogP contribution in [-0.2, 0) is 34.0 Å². The number of sulfone groups is 1. The van der Waals surface area contributed by atoms with Crippen molar-refractivity contribution in [1.29, 1.82) is 0 Å². The maximum absolute atomic E-state index is 11.7. The number of carbonyl (C=O) groups is 1. The zero-order chi connectivity index (χ0) is 15.6. The van der Waals surface area contributed by atoms with Crippen LogP contribution in [0.15, 0.2) is 4.52 Å². The highest BCUT2D eigenvalue weighted by atomic mass is 32.2. The van der Waals surface area contributed by atoms with Crippen LogP contribution in [0, 0.1) is 0 Å². The number of rotatable bonds is 5. The zero-order valence-electron chi connectivity index (χ0n) is 12.5. The Balaban J connectivity index is 2.01. The van der Waals surface area contributed by atoms with Crippen molar-refractivity contribution >= 4 is 15.7 Å². The molecule has 0 aliphatic heterocycles. The first kappa shape index (κ1) is 16.0. The van der Waals surface area contributed by atoms with Crippen molar-refractivity contribution in [2.75, 3.05) is 26.1 Å². The van der Waals surface area contributed by atoms with E-state index in [-0.39, 0.29) is 6.04 Å². The summed E-state index contributed by atoms with van der Waals surface area (Å²) >= 11 is 0. The number of amides is 1. The minimum absolute atomic E-state index is 0.0629. The average Bonchev–Trinajstić information content (AvgIpc) is 2.68. The number of nitrogens with one attached hydrogen (secondary N) is 1. The molecule has 21 heavy (non-hydrogen) atoms. The zero-order valence-corrected chi connectivity index (χ0v) is 13.4. The number of carbonyl (C=O) groups excluding carboxylic acids is 1. The SMILES string of the molecule is CN(C)Cc1noc2c1CC(NC(=O)CS(C)(=O)=O)CC2. The van der Waals surface area contributed by atoms with Crippen LogP contribution in [-0.4, -0.2) is 56.5 Å². The summed E-state index contributed by atoms with van der Waals surface area (Å²) in [4.78, 5) is 13.7. The third kappa shape index (κ3) is 4.53. The fourth-order valence-corrected chi connectivity index (χ4v) is 3.08. The van der Waals surface area contributed by atoms with Crippen LogP contribution in [0.2, 0.25) is 0 Å². The van der Waals surface area contributed by atoms with E-state index in [4.69, 9.17) is 4.52 Å². The molecule has 1 aromatic rings. The molecule has 1 amide bonds. The van der Waals surface area contributed by atoms with Crippen LogP contribution in [0.1, 0.15) is 23.4 Å². The van der Waals surface area contributed by atoms with E-state index in [1.165, 1.54) is 0 Å². The van der Waals surface area contributed by atoms with Gasteiger partial charge in [0.15, 0.2) is 9.84 Å². The Morgan fingerprint density at radius 1 is 1.48 bits per heavy atom. The van der Waals surface area contributed by atoms with Gasteiger partial charge in [0.25, 0.3) is 0 Å². The molecule has 1 aromatic heterocycles. The summed E-state index contributed by atoms with van der Waals surface area (Å²) in [5.74, 6) is -0.0399. The summed E-state index contributed by atoms with van der Waals surface area (Å²) < 4.78 is 27.6. The lowest BCUT2D eigenvalue weighted by Crippen LogP contribution is -2.41. The van der Waals surface area contributed by atoms with E-state index < -0.39 is 21.5 Å². The van der Waals surface area contributed by atoms with E-state index in [1.807, 2.05) is 19.0 Å². The molecule has 0 bridgehead atoms. The molecule has 1 heterocycles. The third-order valence-corrected chi connectivity index (χ3v) is 4.13. The minimum Gasteiger partial charge on any atom is -0.361 e. The first-order chi connectivity index (χ1) is 9.74. The molecule has 1 aliphatic rings. The number of hydrogen-bond acceptors (Lipinski definition) is 6. The highest BCUT2D eigenvalue weighted by Gasteiger charge is 2.27. The molecule has 0 radical (unpaired) electrons. The van der Waals surface area contributed by atoms with Gasteiger partial charge in [0.05, 0.1) is 0 Å². The number of nitrogens with zero attached hydrogens (tertiary/aromatic N) is 2. The highest BCUT2D eigenvalue weighted by Crippen LogP contribution is 2.25. The second-order valence-electron chi connectivity index (χ2n) is 5.85. The number of aromatic nitrogens is 1. The molecule has 8 heteroatoms. The van der Waals surface area contributed by atoms with Crippen molar-refractivity contribution < 1.29 is 17.7 Å². The molecular formula is C13H21N3O4S. The Kier molecular flexibility index (Phi) is 4.67. The standard InChI is InChI=1S/C13H21N3O4S/c1-16(2)7-11-10-6-9(4-5-12(10)20-15-11)14-13(17)8-21(3,18)19/h9H,4-8H2,1-3H3,(H,14,17). The molecule has 7 nitrogen and oxygen atoms in total. The van der Waals surface area contributed by atoms with Crippen LogP contribution in [0.3, 0.4) is 0 Å². The average molecular weight is 315 g/mol. The molecule has 1 aliphatic carbocycles. The maximum Gasteiger partial charge on any atom is 0.235 e. The summed E-state index contributed by atoms with van der Waals surface area (Å²) in [5, 5.41) is 6.87. The van der Waals surface area contributed by atoms with E-state index in [1.54, 1.807) is 0 Å². The van der Waals surface area contributed by atoms with Gasteiger partial charge in [-0.15, -0.1) is 0 Å². The fraction of sp³-hybridized carbons (Fsp3) is 0.692. The van der Waals surface area contributed by atoms with Gasteiger partial charge >= 0.3 is 0 Å². The predicted octanol–water partition coefficient (Wildman–Crippen LogP) is -0.246. The molecule has 1 N–H and O–H groups in total. The van der Waals surface area contributed by atoms with Gasteiger partial charge in [0, 0.05) is 30.8 Å². The lowest BCUT2D eigenvalue weighted by atomic mass is 9.92. The van der Waals surface area contributed by atoms with E-state index in [9.17, 15) is 13.2 Å². The van der Waals surface area contributed by atoms with Gasteiger partial charge in [0.1, 0.15) is 17.2 Å². The van der Waals surface area contributed by atoms with E-state index in [2.05, 4.69) is 10.5 Å². The van der Waals surface area contributed by atoms with Crippen molar-refractivity contribution in [2.45, 2.75) is 31.8 Å². The lowest BCUT2D eigenvalue weighted by Gasteiger charge is -2.22. The van der Waals surface area contributed by atoms with Crippen LogP contribution < -0.4 is 5.32 Å². The van der Waals surface area contributed by atoms with E-state index in [0.717, 1.165) is 29.7 Å². The van der Waals surface area contributed by atoms with Gasteiger partial charge in [-0.1, -0.05) is 5.16 Å². The second-order valence-corrected chi connectivity index (χ2v) is 7.99. The molecule has 0 spiro atoms. The summed E-state index contributed by atoms with van der Waals surface area (Å²) in [6, 6.07) is -0.0629. The summed E-state index contributed by atoms with van der Waals surface area (Å²) in [5.41, 5.74) is 1.93. The molecule has 1 unspecified atom stereocenters. The highest BCUT2D eigenvalue weighted by molar-refractivity contribution is 7.91. The molecule has 0 saturated carbocycles. The Hall–Kier alpha value is -1.41. The first-order valence-electron chi connectivity index (χ1n) is 6.82. The Bertz CT molecular complexity index is 621. The maximum atomic E-state index is 11.7. The van der Waals surface area contributed by atoms with Gasteiger partial charge in [-0.25, -0.2) is 8.42 Å². The van der Waals surface area contributed by atoms with Crippen LogP contribution in [0.25, 0.3) is 0 Å². The van der Waals surface area contributed by atoms with Crippen molar-refractivity contribution in [3.8, 4) is 0 Å². The molecule has 1 atom stereocenters. The molecule has 0 saturated heterocycles. The van der Waals surface area contributed by atoms with Crippen LogP contribution in [0.5, 0.6) is 0 Å². The molecule has 118 valence electrons. The number of hydrogen-bond donors (Lipinski definition) is 1. The van der Waals surface area contributed by atoms with Crippen molar-refractivity contribution in [1.82, 2.24) is 15.4 Å². The number of fused-ring (bicyclic) bond motifs is 1. The molecule has 0 fully saturated rings. The van der Waals surface area contributed by atoms with Gasteiger partial charge in [0.2, 0.25) is 5.91 Å². The number of aryl methyl sites for hydroxylation is 1. The normalized spacial score (nSPS) is 18.6. The predicted molar refractivity (Wildman–Crippen MR) is 77.6 cm³/mol. The fourth-order valence-electron chi connectivity index (χ4n) is 2.52. The van der Waals surface area contributed by atoms with Gasteiger partial charge < -0.3 is 14.7 Å². The molecule has 0 aromatic carbocycles. The Morgan fingerprint density at radius 3 is 2.81 bits per heavy atom. The monoisotopic (exact) mass is 315 g/mol. The van der Waals surface area contributed by atoms with Crippen LogP contribution >= 0.6 is 0 Å². The van der Waals surface area contributed by atoms with Crippen molar-refractivity contribution in [2.24, 2.45) is 0 Å². The van der Waals surface area contributed by atoms with Crippen molar-refractivity contribution in [3.05, 3.63) is 17.0 Å². The van der Waals surface area contributed by atoms with E-state index >= 15 is 0 Å². The molecule has 2 rings (SSSR count). The lowest BCUT2D eigenvalue weighted by molar-refractivity contribution is -0.119. The second kappa shape index (κ2) is 6.15. The van der Waals surface area contributed by atoms with E-state index in [0.29, 0.717) is 19.4 Å². The van der Waals surface area contributed by atoms with Gasteiger partial charge in [-0.3, -0.25) is 4.79 Å². The van der Waals surface area contributed by atoms with Gasteiger partial charge in [-0.2, -0.15) is 0 Å². The quantitative estimate of drug-likeness (QED) is 0.806. The Morgan fingerprint density at radius 2 is 2.19 bits per heavy atom. The Labute approximate surface area is 124 Å². The molecular weight excluding hydrogens is 294 g/mol.